The summed E-state index contributed by atoms with van der Waals surface area (Å²) in [6.45, 7) is 3.26. The van der Waals surface area contributed by atoms with Gasteiger partial charge in [-0.05, 0) is 37.1 Å². The largest absolute Gasteiger partial charge is 0.468 e. The van der Waals surface area contributed by atoms with Crippen molar-refractivity contribution in [3.8, 4) is 0 Å². The Kier molecular flexibility index (Phi) is 8.26. The van der Waals surface area contributed by atoms with Crippen molar-refractivity contribution < 1.29 is 33.0 Å². The zero-order chi connectivity index (χ0) is 27.1. The molecule has 0 amide bonds. The highest BCUT2D eigenvalue weighted by Gasteiger charge is 2.67. The number of hydrogen-bond donors (Lipinski definition) is 1. The van der Waals surface area contributed by atoms with Gasteiger partial charge in [0.2, 0.25) is 5.41 Å². The van der Waals surface area contributed by atoms with Crippen molar-refractivity contribution in [3.63, 3.8) is 0 Å². The molecule has 0 spiro atoms. The molecule has 0 aliphatic carbocycles. The number of furan rings is 1. The van der Waals surface area contributed by atoms with Crippen molar-refractivity contribution in [2.45, 2.75) is 25.9 Å². The summed E-state index contributed by atoms with van der Waals surface area (Å²) in [5.74, 6) is -2.23. The summed E-state index contributed by atoms with van der Waals surface area (Å²) in [5.41, 5.74) is 3.28. The third kappa shape index (κ3) is 4.79. The average molecular weight is 516 g/mol. The van der Waals surface area contributed by atoms with E-state index in [-0.39, 0.29) is 24.5 Å². The summed E-state index contributed by atoms with van der Waals surface area (Å²) in [6.07, 6.45) is 1.42. The van der Waals surface area contributed by atoms with Crippen molar-refractivity contribution in [2.24, 2.45) is 5.41 Å². The van der Waals surface area contributed by atoms with Gasteiger partial charge in [0.15, 0.2) is 0 Å². The van der Waals surface area contributed by atoms with Crippen molar-refractivity contribution in [1.29, 1.82) is 0 Å². The molecule has 196 valence electrons. The maximum absolute atomic E-state index is 13.9. The van der Waals surface area contributed by atoms with Crippen LogP contribution in [0.5, 0.6) is 0 Å². The van der Waals surface area contributed by atoms with Crippen molar-refractivity contribution in [1.82, 2.24) is 5.32 Å². The molecule has 1 aromatic heterocycles. The van der Waals surface area contributed by atoms with Gasteiger partial charge in [0.25, 0.3) is 0 Å². The molecule has 0 saturated carbocycles. The van der Waals surface area contributed by atoms with Crippen LogP contribution in [-0.2, 0) is 28.6 Å². The Morgan fingerprint density at radius 1 is 0.868 bits per heavy atom. The molecule has 1 saturated heterocycles. The molecule has 2 aromatic carbocycles. The number of carbonyl (C=O) groups excluding carboxylic acids is 3. The lowest BCUT2D eigenvalue weighted by atomic mass is 9.74. The number of ether oxygens (including phenoxy) is 3. The van der Waals surface area contributed by atoms with Gasteiger partial charge < -0.3 is 18.6 Å². The molecule has 1 aliphatic rings. The van der Waals surface area contributed by atoms with E-state index in [1.165, 1.54) is 13.4 Å². The number of rotatable bonds is 8. The number of carbonyl (C=O) groups is 3. The minimum atomic E-state index is -2.13. The van der Waals surface area contributed by atoms with Crippen LogP contribution in [0.4, 0.5) is 0 Å². The topological polar surface area (TPSA) is 104 Å². The number of nitrogens with one attached hydrogen (secondary N) is 1. The second-order valence-corrected chi connectivity index (χ2v) is 8.47. The van der Waals surface area contributed by atoms with Crippen LogP contribution in [0, 0.1) is 5.41 Å². The van der Waals surface area contributed by atoms with Crippen LogP contribution in [0.15, 0.2) is 94.8 Å². The Labute approximate surface area is 220 Å². The van der Waals surface area contributed by atoms with Crippen LogP contribution >= 0.6 is 0 Å². The first-order valence-corrected chi connectivity index (χ1v) is 12.3. The maximum Gasteiger partial charge on any atom is 0.330 e. The summed E-state index contributed by atoms with van der Waals surface area (Å²) in [7, 11) is 1.23. The first-order chi connectivity index (χ1) is 18.5. The van der Waals surface area contributed by atoms with E-state index in [1.807, 2.05) is 60.7 Å². The van der Waals surface area contributed by atoms with E-state index in [0.717, 1.165) is 11.1 Å². The van der Waals surface area contributed by atoms with E-state index < -0.39 is 35.4 Å². The molecule has 3 aromatic rings. The van der Waals surface area contributed by atoms with E-state index >= 15 is 0 Å². The third-order valence-electron chi connectivity index (χ3n) is 6.32. The van der Waals surface area contributed by atoms with E-state index in [9.17, 15) is 14.4 Å². The number of methoxy groups -OCH3 is 1. The number of benzene rings is 2. The van der Waals surface area contributed by atoms with Crippen LogP contribution in [0.3, 0.4) is 0 Å². The van der Waals surface area contributed by atoms with Gasteiger partial charge >= 0.3 is 17.9 Å². The molecule has 1 N–H and O–H groups in total. The second-order valence-electron chi connectivity index (χ2n) is 8.47. The summed E-state index contributed by atoms with van der Waals surface area (Å²) in [4.78, 5) is 40.9. The Hall–Kier alpha value is -4.39. The first kappa shape index (κ1) is 26.7. The number of hydrogen-bond acceptors (Lipinski definition) is 8. The quantitative estimate of drug-likeness (QED) is 0.206. The lowest BCUT2D eigenvalue weighted by molar-refractivity contribution is -0.170. The van der Waals surface area contributed by atoms with Gasteiger partial charge in [-0.3, -0.25) is 14.9 Å². The normalized spacial score (nSPS) is 17.8. The van der Waals surface area contributed by atoms with Gasteiger partial charge in [-0.1, -0.05) is 60.7 Å². The van der Waals surface area contributed by atoms with Crippen LogP contribution in [0.1, 0.15) is 36.8 Å². The SMILES string of the molecule is CCOC(=O)C1(C(=O)OCC)C(=C=C(c2ccccc2)c2ccccc2)[C@H](C(=O)OC)N[C@@H]1c1ccco1. The van der Waals surface area contributed by atoms with Crippen molar-refractivity contribution in [3.05, 3.63) is 107 Å². The molecule has 1 aliphatic heterocycles. The highest BCUT2D eigenvalue weighted by atomic mass is 16.6. The Morgan fingerprint density at radius 3 is 1.87 bits per heavy atom. The maximum atomic E-state index is 13.9. The van der Waals surface area contributed by atoms with E-state index in [1.54, 1.807) is 26.0 Å². The van der Waals surface area contributed by atoms with Gasteiger partial charge in [-0.2, -0.15) is 0 Å². The highest BCUT2D eigenvalue weighted by Crippen LogP contribution is 2.50. The predicted octanol–water partition coefficient (Wildman–Crippen LogP) is 4.24. The van der Waals surface area contributed by atoms with Crippen LogP contribution in [0.2, 0.25) is 0 Å². The van der Waals surface area contributed by atoms with Gasteiger partial charge in [-0.15, -0.1) is 5.73 Å². The zero-order valence-electron chi connectivity index (χ0n) is 21.4. The summed E-state index contributed by atoms with van der Waals surface area (Å²) in [5, 5.41) is 3.09. The van der Waals surface area contributed by atoms with Crippen LogP contribution in [0.25, 0.3) is 5.57 Å². The van der Waals surface area contributed by atoms with Crippen molar-refractivity contribution in [2.75, 3.05) is 20.3 Å². The van der Waals surface area contributed by atoms with Gasteiger partial charge in [0, 0.05) is 11.1 Å². The molecule has 4 rings (SSSR count). The Bertz CT molecular complexity index is 1280. The molecule has 2 heterocycles. The lowest BCUT2D eigenvalue weighted by Crippen LogP contribution is -2.47. The van der Waals surface area contributed by atoms with Crippen LogP contribution < -0.4 is 5.32 Å². The monoisotopic (exact) mass is 515 g/mol. The fourth-order valence-electron chi connectivity index (χ4n) is 4.67. The molecule has 38 heavy (non-hydrogen) atoms. The fourth-order valence-corrected chi connectivity index (χ4v) is 4.67. The number of esters is 3. The smallest absolute Gasteiger partial charge is 0.330 e. The molecule has 8 nitrogen and oxygen atoms in total. The molecule has 0 unspecified atom stereocenters. The molecule has 2 atom stereocenters. The molecule has 0 bridgehead atoms. The lowest BCUT2D eigenvalue weighted by Gasteiger charge is -2.29. The van der Waals surface area contributed by atoms with Gasteiger partial charge in [-0.25, -0.2) is 4.79 Å². The van der Waals surface area contributed by atoms with E-state index in [0.29, 0.717) is 5.57 Å². The Morgan fingerprint density at radius 2 is 1.42 bits per heavy atom. The molecular weight excluding hydrogens is 486 g/mol. The molecule has 0 radical (unpaired) electrons. The van der Waals surface area contributed by atoms with E-state index in [4.69, 9.17) is 18.6 Å². The van der Waals surface area contributed by atoms with Gasteiger partial charge in [0.1, 0.15) is 11.8 Å². The predicted molar refractivity (Wildman–Crippen MR) is 139 cm³/mol. The fraction of sp³-hybridized carbons (Fsp3) is 0.267. The Balaban J connectivity index is 2.17. The molecule has 1 fully saturated rings. The summed E-state index contributed by atoms with van der Waals surface area (Å²) < 4.78 is 21.7. The average Bonchev–Trinajstić information content (AvgIpc) is 3.59. The molecule has 8 heteroatoms. The second kappa shape index (κ2) is 11.8. The van der Waals surface area contributed by atoms with Gasteiger partial charge in [0.05, 0.1) is 32.6 Å². The third-order valence-corrected chi connectivity index (χ3v) is 6.32. The highest BCUT2D eigenvalue weighted by molar-refractivity contribution is 6.08. The minimum Gasteiger partial charge on any atom is -0.468 e. The standard InChI is InChI=1S/C30H29NO7/c1-4-36-28(33)30(29(34)37-5-2)23(25(27(32)35-3)31-26(30)24-17-12-18-38-24)19-22(20-13-8-6-9-14-20)21-15-10-7-11-16-21/h6-18,25-26,31H,4-5H2,1-3H3/t25-,26-/m1/s1. The van der Waals surface area contributed by atoms with Crippen molar-refractivity contribution >= 4 is 23.5 Å². The molecular formula is C30H29NO7. The summed E-state index contributed by atoms with van der Waals surface area (Å²) in [6, 6.07) is 19.6. The zero-order valence-corrected chi connectivity index (χ0v) is 21.4. The van der Waals surface area contributed by atoms with E-state index in [2.05, 4.69) is 11.0 Å². The first-order valence-electron chi connectivity index (χ1n) is 12.3. The van der Waals surface area contributed by atoms with Crippen LogP contribution in [-0.4, -0.2) is 44.3 Å². The minimum absolute atomic E-state index is 0.00498. The summed E-state index contributed by atoms with van der Waals surface area (Å²) >= 11 is 0.